The molecule has 0 heterocycles. The molecule has 2 rings (SSSR count). The molecule has 0 aliphatic heterocycles. The van der Waals surface area contributed by atoms with E-state index in [1.54, 1.807) is 0 Å². The molecule has 0 aromatic heterocycles. The van der Waals surface area contributed by atoms with E-state index in [1.165, 1.54) is 25.7 Å². The van der Waals surface area contributed by atoms with Crippen LogP contribution in [0.4, 0.5) is 0 Å². The van der Waals surface area contributed by atoms with Crippen LogP contribution in [0.25, 0.3) is 0 Å². The molecule has 0 amide bonds. The van der Waals surface area contributed by atoms with Crippen LogP contribution in [-0.2, 0) is 0 Å². The lowest BCUT2D eigenvalue weighted by Crippen LogP contribution is -2.18. The van der Waals surface area contributed by atoms with Gasteiger partial charge in [0.1, 0.15) is 0 Å². The Hall–Kier alpha value is 0. The monoisotopic (exact) mass is 194 g/mol. The summed E-state index contributed by atoms with van der Waals surface area (Å²) in [6, 6.07) is 0. The minimum absolute atomic E-state index is 0.970. The average Bonchev–Trinajstić information content (AvgIpc) is 2.68. The first-order chi connectivity index (χ1) is 6.65. The molecule has 6 atom stereocenters. The number of fused-ring (bicyclic) bond motifs is 1. The maximum atomic E-state index is 2.50. The number of rotatable bonds is 2. The van der Waals surface area contributed by atoms with Crippen LogP contribution in [-0.4, -0.2) is 0 Å². The molecule has 0 bridgehead atoms. The van der Waals surface area contributed by atoms with E-state index in [0.29, 0.717) is 0 Å². The maximum absolute atomic E-state index is 2.50. The van der Waals surface area contributed by atoms with Crippen molar-refractivity contribution < 1.29 is 0 Å². The molecule has 0 heteroatoms. The van der Waals surface area contributed by atoms with Gasteiger partial charge >= 0.3 is 0 Å². The molecule has 0 saturated heterocycles. The van der Waals surface area contributed by atoms with Gasteiger partial charge in [0.25, 0.3) is 0 Å². The first-order valence-electron chi connectivity index (χ1n) is 6.65. The smallest absolute Gasteiger partial charge is 0.0331 e. The lowest BCUT2D eigenvalue weighted by Gasteiger charge is -2.24. The van der Waals surface area contributed by atoms with Crippen LogP contribution in [0.2, 0.25) is 0 Å². The van der Waals surface area contributed by atoms with Crippen LogP contribution in [0, 0.1) is 35.5 Å². The minimum atomic E-state index is 0.970. The summed E-state index contributed by atoms with van der Waals surface area (Å²) in [6.07, 6.45) is 5.95. The molecule has 0 spiro atoms. The highest BCUT2D eigenvalue weighted by molar-refractivity contribution is 4.96. The highest BCUT2D eigenvalue weighted by Crippen LogP contribution is 2.55. The summed E-state index contributed by atoms with van der Waals surface area (Å²) in [6.45, 7) is 9.83. The Kier molecular flexibility index (Phi) is 2.91. The van der Waals surface area contributed by atoms with E-state index >= 15 is 0 Å². The van der Waals surface area contributed by atoms with Gasteiger partial charge in [-0.15, -0.1) is 0 Å². The molecule has 82 valence electrons. The number of hydrogen-bond acceptors (Lipinski definition) is 0. The summed E-state index contributed by atoms with van der Waals surface area (Å²) in [7, 11) is 0. The average molecular weight is 194 g/mol. The molecule has 2 aliphatic carbocycles. The summed E-state index contributed by atoms with van der Waals surface area (Å²) in [5, 5.41) is 0. The van der Waals surface area contributed by atoms with Gasteiger partial charge < -0.3 is 0 Å². The summed E-state index contributed by atoms with van der Waals surface area (Å²) in [5.41, 5.74) is 0. The van der Waals surface area contributed by atoms with Crippen LogP contribution in [0.5, 0.6) is 0 Å². The Morgan fingerprint density at radius 2 is 1.86 bits per heavy atom. The van der Waals surface area contributed by atoms with Gasteiger partial charge in [-0.3, -0.25) is 0 Å². The molecule has 0 radical (unpaired) electrons. The molecular weight excluding hydrogens is 168 g/mol. The zero-order valence-electron chi connectivity index (χ0n) is 10.3. The highest BCUT2D eigenvalue weighted by atomic mass is 14.5. The van der Waals surface area contributed by atoms with E-state index in [4.69, 9.17) is 0 Å². The van der Waals surface area contributed by atoms with Gasteiger partial charge in [0, 0.05) is 0 Å². The standard InChI is InChI=1S/C14H26/c1-5-9(2)13-8-11(4)14-10(3)6-7-12(13)14/h9-14H,5-8H2,1-4H3. The molecule has 0 nitrogen and oxygen atoms in total. The normalized spacial score (nSPS) is 49.3. The fraction of sp³-hybridized carbons (Fsp3) is 1.00. The van der Waals surface area contributed by atoms with E-state index in [0.717, 1.165) is 35.5 Å². The first-order valence-corrected chi connectivity index (χ1v) is 6.65. The fourth-order valence-corrected chi connectivity index (χ4v) is 4.46. The van der Waals surface area contributed by atoms with E-state index in [9.17, 15) is 0 Å². The molecule has 2 saturated carbocycles. The molecule has 2 aliphatic rings. The van der Waals surface area contributed by atoms with Crippen molar-refractivity contribution in [3.63, 3.8) is 0 Å². The second-order valence-corrected chi connectivity index (χ2v) is 6.06. The van der Waals surface area contributed by atoms with E-state index in [2.05, 4.69) is 27.7 Å². The van der Waals surface area contributed by atoms with Gasteiger partial charge in [-0.05, 0) is 48.3 Å². The minimum Gasteiger partial charge on any atom is -0.0651 e. The van der Waals surface area contributed by atoms with Gasteiger partial charge in [-0.2, -0.15) is 0 Å². The zero-order valence-corrected chi connectivity index (χ0v) is 10.3. The van der Waals surface area contributed by atoms with Crippen molar-refractivity contribution in [3.8, 4) is 0 Å². The molecule has 0 aromatic rings. The first kappa shape index (κ1) is 10.5. The lowest BCUT2D eigenvalue weighted by molar-refractivity contribution is 0.243. The van der Waals surface area contributed by atoms with Gasteiger partial charge in [0.15, 0.2) is 0 Å². The summed E-state index contributed by atoms with van der Waals surface area (Å²) in [4.78, 5) is 0. The third-order valence-corrected chi connectivity index (χ3v) is 5.33. The summed E-state index contributed by atoms with van der Waals surface area (Å²) in [5.74, 6) is 6.23. The lowest BCUT2D eigenvalue weighted by atomic mass is 9.81. The Morgan fingerprint density at radius 3 is 2.50 bits per heavy atom. The van der Waals surface area contributed by atoms with Crippen LogP contribution >= 0.6 is 0 Å². The van der Waals surface area contributed by atoms with Crippen molar-refractivity contribution in [3.05, 3.63) is 0 Å². The van der Waals surface area contributed by atoms with Crippen LogP contribution in [0.1, 0.15) is 53.4 Å². The predicted molar refractivity (Wildman–Crippen MR) is 62.1 cm³/mol. The van der Waals surface area contributed by atoms with Crippen molar-refractivity contribution in [1.82, 2.24) is 0 Å². The molecular formula is C14H26. The fourth-order valence-electron chi connectivity index (χ4n) is 4.46. The Balaban J connectivity index is 2.10. The van der Waals surface area contributed by atoms with E-state index in [1.807, 2.05) is 0 Å². The molecule has 14 heavy (non-hydrogen) atoms. The van der Waals surface area contributed by atoms with Crippen molar-refractivity contribution in [2.75, 3.05) is 0 Å². The van der Waals surface area contributed by atoms with Gasteiger partial charge in [-0.25, -0.2) is 0 Å². The Bertz CT molecular complexity index is 196. The maximum Gasteiger partial charge on any atom is -0.0331 e. The van der Waals surface area contributed by atoms with Gasteiger partial charge in [0.05, 0.1) is 0 Å². The van der Waals surface area contributed by atoms with Crippen LogP contribution in [0.3, 0.4) is 0 Å². The Morgan fingerprint density at radius 1 is 1.14 bits per heavy atom. The van der Waals surface area contributed by atoms with Crippen molar-refractivity contribution in [2.45, 2.75) is 53.4 Å². The Labute approximate surface area is 89.5 Å². The second-order valence-electron chi connectivity index (χ2n) is 6.06. The predicted octanol–water partition coefficient (Wildman–Crippen LogP) is 4.35. The molecule has 0 N–H and O–H groups in total. The topological polar surface area (TPSA) is 0 Å². The second kappa shape index (κ2) is 3.87. The van der Waals surface area contributed by atoms with Crippen molar-refractivity contribution in [1.29, 1.82) is 0 Å². The van der Waals surface area contributed by atoms with Crippen molar-refractivity contribution >= 4 is 0 Å². The summed E-state index contributed by atoms with van der Waals surface area (Å²) < 4.78 is 0. The molecule has 6 unspecified atom stereocenters. The largest absolute Gasteiger partial charge is 0.0651 e. The van der Waals surface area contributed by atoms with Gasteiger partial charge in [-0.1, -0.05) is 40.5 Å². The molecule has 2 fully saturated rings. The third kappa shape index (κ3) is 1.51. The zero-order chi connectivity index (χ0) is 10.3. The SMILES string of the molecule is CCC(C)C1CC(C)C2C(C)CCC12. The quantitative estimate of drug-likeness (QED) is 0.613. The van der Waals surface area contributed by atoms with E-state index in [-0.39, 0.29) is 0 Å². The molecule has 0 aromatic carbocycles. The van der Waals surface area contributed by atoms with Crippen LogP contribution < -0.4 is 0 Å². The van der Waals surface area contributed by atoms with Gasteiger partial charge in [0.2, 0.25) is 0 Å². The third-order valence-electron chi connectivity index (χ3n) is 5.33. The number of hydrogen-bond donors (Lipinski definition) is 0. The summed E-state index contributed by atoms with van der Waals surface area (Å²) >= 11 is 0. The van der Waals surface area contributed by atoms with Crippen LogP contribution in [0.15, 0.2) is 0 Å². The van der Waals surface area contributed by atoms with Crippen molar-refractivity contribution in [2.24, 2.45) is 35.5 Å². The highest BCUT2D eigenvalue weighted by Gasteiger charge is 2.47. The van der Waals surface area contributed by atoms with E-state index < -0.39 is 0 Å².